The van der Waals surface area contributed by atoms with Gasteiger partial charge in [0.05, 0.1) is 17.8 Å². The van der Waals surface area contributed by atoms with E-state index in [-0.39, 0.29) is 6.61 Å². The van der Waals surface area contributed by atoms with Crippen molar-refractivity contribution in [1.82, 2.24) is 4.98 Å². The zero-order valence-corrected chi connectivity index (χ0v) is 10.8. The summed E-state index contributed by atoms with van der Waals surface area (Å²) >= 11 is 1.63. The van der Waals surface area contributed by atoms with Crippen molar-refractivity contribution in [2.24, 2.45) is 0 Å². The third-order valence-corrected chi connectivity index (χ3v) is 3.56. The van der Waals surface area contributed by atoms with Gasteiger partial charge in [0.25, 0.3) is 0 Å². The molecule has 0 aliphatic carbocycles. The third-order valence-electron chi connectivity index (χ3n) is 2.53. The molecular formula is C13H15NO2S. The second-order valence-corrected chi connectivity index (χ2v) is 4.97. The Morgan fingerprint density at radius 3 is 2.82 bits per heavy atom. The van der Waals surface area contributed by atoms with Crippen LogP contribution in [0.15, 0.2) is 24.3 Å². The van der Waals surface area contributed by atoms with Crippen LogP contribution in [0.25, 0.3) is 11.3 Å². The van der Waals surface area contributed by atoms with Gasteiger partial charge in [0.15, 0.2) is 0 Å². The number of ether oxygens (including phenoxy) is 1. The van der Waals surface area contributed by atoms with E-state index in [4.69, 9.17) is 9.84 Å². The highest BCUT2D eigenvalue weighted by Gasteiger charge is 2.13. The molecule has 0 spiro atoms. The monoisotopic (exact) mass is 249 g/mol. The Morgan fingerprint density at radius 1 is 1.35 bits per heavy atom. The molecule has 0 aliphatic heterocycles. The highest BCUT2D eigenvalue weighted by Crippen LogP contribution is 2.33. The van der Waals surface area contributed by atoms with E-state index in [0.29, 0.717) is 6.42 Å². The van der Waals surface area contributed by atoms with Gasteiger partial charge in [-0.25, -0.2) is 4.98 Å². The zero-order valence-electron chi connectivity index (χ0n) is 9.93. The molecule has 0 bridgehead atoms. The summed E-state index contributed by atoms with van der Waals surface area (Å²) in [5.74, 6) is 0.830. The standard InChI is InChI=1S/C13H15NO2S/c1-9-13(14-12(17-9)7-8-15)10-5-3-4-6-11(10)16-2/h3-6,15H,7-8H2,1-2H3. The summed E-state index contributed by atoms with van der Waals surface area (Å²) in [6.45, 7) is 2.18. The van der Waals surface area contributed by atoms with Gasteiger partial charge in [0.1, 0.15) is 5.75 Å². The van der Waals surface area contributed by atoms with E-state index in [1.807, 2.05) is 31.2 Å². The first kappa shape index (κ1) is 12.1. The fraction of sp³-hybridized carbons (Fsp3) is 0.308. The molecule has 4 heteroatoms. The van der Waals surface area contributed by atoms with Crippen LogP contribution in [0.3, 0.4) is 0 Å². The molecule has 0 saturated carbocycles. The molecule has 1 aromatic carbocycles. The van der Waals surface area contributed by atoms with Crippen molar-refractivity contribution >= 4 is 11.3 Å². The number of hydrogen-bond donors (Lipinski definition) is 1. The number of aliphatic hydroxyl groups excluding tert-OH is 1. The number of para-hydroxylation sites is 1. The van der Waals surface area contributed by atoms with Gasteiger partial charge >= 0.3 is 0 Å². The van der Waals surface area contributed by atoms with Gasteiger partial charge in [0.2, 0.25) is 0 Å². The van der Waals surface area contributed by atoms with Crippen molar-refractivity contribution in [1.29, 1.82) is 0 Å². The van der Waals surface area contributed by atoms with Crippen molar-refractivity contribution in [3.8, 4) is 17.0 Å². The number of aliphatic hydroxyl groups is 1. The van der Waals surface area contributed by atoms with E-state index >= 15 is 0 Å². The average molecular weight is 249 g/mol. The fourth-order valence-corrected chi connectivity index (χ4v) is 2.68. The van der Waals surface area contributed by atoms with Crippen molar-refractivity contribution in [2.75, 3.05) is 13.7 Å². The van der Waals surface area contributed by atoms with E-state index in [9.17, 15) is 0 Å². The second kappa shape index (κ2) is 5.29. The number of aryl methyl sites for hydroxylation is 1. The Bertz CT molecular complexity index is 508. The largest absolute Gasteiger partial charge is 0.496 e. The number of nitrogens with zero attached hydrogens (tertiary/aromatic N) is 1. The molecular weight excluding hydrogens is 234 g/mol. The van der Waals surface area contributed by atoms with Gasteiger partial charge in [-0.05, 0) is 19.1 Å². The summed E-state index contributed by atoms with van der Waals surface area (Å²) in [4.78, 5) is 5.71. The molecule has 0 saturated heterocycles. The Balaban J connectivity index is 2.45. The SMILES string of the molecule is COc1ccccc1-c1nc(CCO)sc1C. The van der Waals surface area contributed by atoms with E-state index in [0.717, 1.165) is 26.9 Å². The molecule has 0 amide bonds. The lowest BCUT2D eigenvalue weighted by Gasteiger charge is -2.06. The van der Waals surface area contributed by atoms with E-state index in [1.54, 1.807) is 18.4 Å². The normalized spacial score (nSPS) is 10.5. The Morgan fingerprint density at radius 2 is 2.12 bits per heavy atom. The Kier molecular flexibility index (Phi) is 3.76. The van der Waals surface area contributed by atoms with E-state index < -0.39 is 0 Å². The predicted molar refractivity (Wildman–Crippen MR) is 69.6 cm³/mol. The molecule has 2 aromatic rings. The number of thiazole rings is 1. The lowest BCUT2D eigenvalue weighted by Crippen LogP contribution is -1.91. The highest BCUT2D eigenvalue weighted by molar-refractivity contribution is 7.12. The molecule has 2 rings (SSSR count). The van der Waals surface area contributed by atoms with Gasteiger partial charge in [-0.2, -0.15) is 0 Å². The van der Waals surface area contributed by atoms with Crippen molar-refractivity contribution in [2.45, 2.75) is 13.3 Å². The smallest absolute Gasteiger partial charge is 0.128 e. The molecule has 0 unspecified atom stereocenters. The summed E-state index contributed by atoms with van der Waals surface area (Å²) in [6, 6.07) is 7.85. The van der Waals surface area contributed by atoms with Gasteiger partial charge in [0, 0.05) is 23.5 Å². The van der Waals surface area contributed by atoms with Gasteiger partial charge in [-0.15, -0.1) is 11.3 Å². The maximum atomic E-state index is 8.93. The van der Waals surface area contributed by atoms with Crippen LogP contribution < -0.4 is 4.74 Å². The van der Waals surface area contributed by atoms with Crippen LogP contribution >= 0.6 is 11.3 Å². The van der Waals surface area contributed by atoms with Gasteiger partial charge in [-0.3, -0.25) is 0 Å². The summed E-state index contributed by atoms with van der Waals surface area (Å²) < 4.78 is 5.34. The lowest BCUT2D eigenvalue weighted by atomic mass is 10.1. The first-order valence-electron chi connectivity index (χ1n) is 5.46. The minimum atomic E-state index is 0.137. The number of benzene rings is 1. The molecule has 0 fully saturated rings. The van der Waals surface area contributed by atoms with Crippen LogP contribution in [-0.2, 0) is 6.42 Å². The minimum absolute atomic E-state index is 0.137. The van der Waals surface area contributed by atoms with Crippen LogP contribution in [0.2, 0.25) is 0 Å². The third kappa shape index (κ3) is 2.48. The maximum Gasteiger partial charge on any atom is 0.128 e. The number of hydrogen-bond acceptors (Lipinski definition) is 4. The van der Waals surface area contributed by atoms with Crippen molar-refractivity contribution in [3.05, 3.63) is 34.2 Å². The molecule has 90 valence electrons. The topological polar surface area (TPSA) is 42.4 Å². The number of methoxy groups -OCH3 is 1. The molecule has 1 aromatic heterocycles. The van der Waals surface area contributed by atoms with Crippen LogP contribution in [-0.4, -0.2) is 23.8 Å². The number of aromatic nitrogens is 1. The van der Waals surface area contributed by atoms with Crippen molar-refractivity contribution < 1.29 is 9.84 Å². The fourth-order valence-electron chi connectivity index (χ4n) is 1.74. The Hall–Kier alpha value is -1.39. The van der Waals surface area contributed by atoms with Gasteiger partial charge < -0.3 is 9.84 Å². The molecule has 0 atom stereocenters. The lowest BCUT2D eigenvalue weighted by molar-refractivity contribution is 0.299. The minimum Gasteiger partial charge on any atom is -0.496 e. The quantitative estimate of drug-likeness (QED) is 0.905. The highest BCUT2D eigenvalue weighted by atomic mass is 32.1. The summed E-state index contributed by atoms with van der Waals surface area (Å²) in [6.07, 6.45) is 0.612. The zero-order chi connectivity index (χ0) is 12.3. The predicted octanol–water partition coefficient (Wildman–Crippen LogP) is 2.66. The molecule has 17 heavy (non-hydrogen) atoms. The van der Waals surface area contributed by atoms with Crippen molar-refractivity contribution in [3.63, 3.8) is 0 Å². The molecule has 3 nitrogen and oxygen atoms in total. The summed E-state index contributed by atoms with van der Waals surface area (Å²) in [7, 11) is 1.66. The Labute approximate surface area is 105 Å². The summed E-state index contributed by atoms with van der Waals surface area (Å²) in [5, 5.41) is 9.90. The second-order valence-electron chi connectivity index (χ2n) is 3.69. The first-order chi connectivity index (χ1) is 8.26. The van der Waals surface area contributed by atoms with Crippen LogP contribution in [0.5, 0.6) is 5.75 Å². The summed E-state index contributed by atoms with van der Waals surface area (Å²) in [5.41, 5.74) is 1.96. The van der Waals surface area contributed by atoms with E-state index in [1.165, 1.54) is 0 Å². The average Bonchev–Trinajstić information content (AvgIpc) is 2.70. The number of rotatable bonds is 4. The molecule has 0 aliphatic rings. The van der Waals surface area contributed by atoms with Crippen LogP contribution in [0, 0.1) is 6.92 Å². The van der Waals surface area contributed by atoms with Crippen LogP contribution in [0.4, 0.5) is 0 Å². The molecule has 0 radical (unpaired) electrons. The maximum absolute atomic E-state index is 8.93. The van der Waals surface area contributed by atoms with Crippen LogP contribution in [0.1, 0.15) is 9.88 Å². The first-order valence-corrected chi connectivity index (χ1v) is 6.28. The van der Waals surface area contributed by atoms with Gasteiger partial charge in [-0.1, -0.05) is 12.1 Å². The van der Waals surface area contributed by atoms with E-state index in [2.05, 4.69) is 4.98 Å². The molecule has 1 N–H and O–H groups in total. The molecule has 1 heterocycles.